The molecule has 0 unspecified atom stereocenters. The van der Waals surface area contributed by atoms with Gasteiger partial charge in [-0.15, -0.1) is 12.4 Å². The van der Waals surface area contributed by atoms with E-state index in [0.29, 0.717) is 0 Å². The summed E-state index contributed by atoms with van der Waals surface area (Å²) in [5.74, 6) is -0.751. The molecule has 0 saturated carbocycles. The molecule has 16 heavy (non-hydrogen) atoms. The van der Waals surface area contributed by atoms with Gasteiger partial charge in [-0.1, -0.05) is 19.8 Å². The van der Waals surface area contributed by atoms with Crippen molar-refractivity contribution >= 4 is 18.4 Å². The number of aliphatic carboxylic acids is 1. The summed E-state index contributed by atoms with van der Waals surface area (Å²) in [5, 5.41) is 17.3. The lowest BCUT2D eigenvalue weighted by molar-refractivity contribution is -0.138. The quantitative estimate of drug-likeness (QED) is 0.583. The van der Waals surface area contributed by atoms with Crippen molar-refractivity contribution in [1.82, 2.24) is 4.90 Å². The van der Waals surface area contributed by atoms with Crippen LogP contribution in [0.25, 0.3) is 0 Å². The van der Waals surface area contributed by atoms with Gasteiger partial charge in [0, 0.05) is 6.61 Å². The molecule has 0 fully saturated rings. The fourth-order valence-electron chi connectivity index (χ4n) is 1.58. The third kappa shape index (κ3) is 11.8. The van der Waals surface area contributed by atoms with E-state index in [1.165, 1.54) is 0 Å². The first kappa shape index (κ1) is 18.1. The summed E-state index contributed by atoms with van der Waals surface area (Å²) in [5.41, 5.74) is 0. The first-order chi connectivity index (χ1) is 7.20. The highest BCUT2D eigenvalue weighted by atomic mass is 35.5. The highest BCUT2D eigenvalue weighted by Crippen LogP contribution is 2.02. The molecule has 0 aliphatic rings. The highest BCUT2D eigenvalue weighted by Gasteiger charge is 2.07. The van der Waals surface area contributed by atoms with E-state index in [1.807, 2.05) is 4.90 Å². The number of aliphatic hydroxyl groups excluding tert-OH is 1. The molecule has 0 aliphatic heterocycles. The minimum Gasteiger partial charge on any atom is -0.480 e. The van der Waals surface area contributed by atoms with Crippen molar-refractivity contribution in [2.75, 3.05) is 26.2 Å². The first-order valence-corrected chi connectivity index (χ1v) is 5.75. The minimum absolute atomic E-state index is 0. The number of hydrogen-bond donors (Lipinski definition) is 2. The molecule has 0 amide bonds. The van der Waals surface area contributed by atoms with E-state index < -0.39 is 5.97 Å². The average molecular weight is 254 g/mol. The number of carbonyl (C=O) groups is 1. The normalized spacial score (nSPS) is 10.2. The molecule has 0 spiro atoms. The van der Waals surface area contributed by atoms with Crippen molar-refractivity contribution in [1.29, 1.82) is 0 Å². The maximum atomic E-state index is 10.5. The highest BCUT2D eigenvalue weighted by molar-refractivity contribution is 5.85. The molecule has 98 valence electrons. The Morgan fingerprint density at radius 2 is 1.75 bits per heavy atom. The molecule has 0 rings (SSSR count). The number of nitrogens with zero attached hydrogens (tertiary/aromatic N) is 1. The summed E-state index contributed by atoms with van der Waals surface area (Å²) in [4.78, 5) is 12.5. The third-order valence-electron chi connectivity index (χ3n) is 2.28. The summed E-state index contributed by atoms with van der Waals surface area (Å²) in [6.07, 6.45) is 4.97. The van der Waals surface area contributed by atoms with Crippen LogP contribution >= 0.6 is 12.4 Å². The van der Waals surface area contributed by atoms with Gasteiger partial charge >= 0.3 is 5.97 Å². The maximum Gasteiger partial charge on any atom is 0.317 e. The molecular formula is C11H24ClNO3. The molecule has 0 aliphatic carbocycles. The largest absolute Gasteiger partial charge is 0.480 e. The lowest BCUT2D eigenvalue weighted by atomic mass is 10.2. The van der Waals surface area contributed by atoms with Gasteiger partial charge < -0.3 is 10.2 Å². The zero-order valence-electron chi connectivity index (χ0n) is 10.0. The van der Waals surface area contributed by atoms with E-state index >= 15 is 0 Å². The van der Waals surface area contributed by atoms with Gasteiger partial charge in [-0.2, -0.15) is 0 Å². The Bertz CT molecular complexity index is 167. The molecule has 0 bridgehead atoms. The van der Waals surface area contributed by atoms with Crippen LogP contribution in [-0.2, 0) is 4.79 Å². The van der Waals surface area contributed by atoms with Gasteiger partial charge in [-0.05, 0) is 32.4 Å². The Morgan fingerprint density at radius 1 is 1.12 bits per heavy atom. The number of halogens is 1. The summed E-state index contributed by atoms with van der Waals surface area (Å²) in [6.45, 7) is 4.17. The number of unbranched alkanes of at least 4 members (excludes halogenated alkanes) is 3. The molecule has 0 heterocycles. The molecular weight excluding hydrogens is 230 g/mol. The van der Waals surface area contributed by atoms with E-state index in [1.54, 1.807) is 0 Å². The Labute approximate surface area is 104 Å². The number of aliphatic hydroxyl groups is 1. The van der Waals surface area contributed by atoms with Crippen LogP contribution < -0.4 is 0 Å². The molecule has 0 radical (unpaired) electrons. The van der Waals surface area contributed by atoms with Gasteiger partial charge in [0.1, 0.15) is 0 Å². The number of hydrogen-bond acceptors (Lipinski definition) is 3. The van der Waals surface area contributed by atoms with Gasteiger partial charge in [0.25, 0.3) is 0 Å². The monoisotopic (exact) mass is 253 g/mol. The zero-order valence-corrected chi connectivity index (χ0v) is 10.8. The molecule has 2 N–H and O–H groups in total. The van der Waals surface area contributed by atoms with Crippen LogP contribution in [0.1, 0.15) is 39.0 Å². The third-order valence-corrected chi connectivity index (χ3v) is 2.28. The standard InChI is InChI=1S/C11H23NO3.ClH/c1-2-7-12(10-11(14)15)8-5-3-4-6-9-13;/h13H,2-10H2,1H3,(H,14,15);1H. The maximum absolute atomic E-state index is 10.5. The lowest BCUT2D eigenvalue weighted by Gasteiger charge is -2.18. The average Bonchev–Trinajstić information content (AvgIpc) is 2.17. The summed E-state index contributed by atoms with van der Waals surface area (Å²) >= 11 is 0. The van der Waals surface area contributed by atoms with E-state index in [4.69, 9.17) is 10.2 Å². The van der Waals surface area contributed by atoms with Crippen LogP contribution in [0.3, 0.4) is 0 Å². The van der Waals surface area contributed by atoms with Gasteiger partial charge in [-0.25, -0.2) is 0 Å². The van der Waals surface area contributed by atoms with E-state index in [-0.39, 0.29) is 25.6 Å². The molecule has 0 aromatic rings. The van der Waals surface area contributed by atoms with Gasteiger partial charge in [-0.3, -0.25) is 9.69 Å². The van der Waals surface area contributed by atoms with Crippen molar-refractivity contribution < 1.29 is 15.0 Å². The Balaban J connectivity index is 0. The lowest BCUT2D eigenvalue weighted by Crippen LogP contribution is -2.31. The second-order valence-corrected chi connectivity index (χ2v) is 3.81. The molecule has 0 aromatic carbocycles. The fourth-order valence-corrected chi connectivity index (χ4v) is 1.58. The first-order valence-electron chi connectivity index (χ1n) is 5.75. The Hall–Kier alpha value is -0.320. The summed E-state index contributed by atoms with van der Waals surface area (Å²) in [7, 11) is 0. The topological polar surface area (TPSA) is 60.8 Å². The SMILES string of the molecule is CCCN(CCCCCCO)CC(=O)O.Cl. The van der Waals surface area contributed by atoms with Crippen LogP contribution in [-0.4, -0.2) is 47.3 Å². The van der Waals surface area contributed by atoms with Crippen molar-refractivity contribution in [2.24, 2.45) is 0 Å². The smallest absolute Gasteiger partial charge is 0.317 e. The van der Waals surface area contributed by atoms with Crippen molar-refractivity contribution in [2.45, 2.75) is 39.0 Å². The molecule has 5 heteroatoms. The molecule has 4 nitrogen and oxygen atoms in total. The number of rotatable bonds is 10. The van der Waals surface area contributed by atoms with E-state index in [2.05, 4.69) is 6.92 Å². The van der Waals surface area contributed by atoms with E-state index in [0.717, 1.165) is 45.2 Å². The van der Waals surface area contributed by atoms with Crippen molar-refractivity contribution in [3.05, 3.63) is 0 Å². The van der Waals surface area contributed by atoms with Crippen molar-refractivity contribution in [3.8, 4) is 0 Å². The number of carboxylic acids is 1. The number of carboxylic acid groups (broad SMARTS) is 1. The molecule has 0 atom stereocenters. The Morgan fingerprint density at radius 3 is 2.25 bits per heavy atom. The zero-order chi connectivity index (χ0) is 11.5. The predicted molar refractivity (Wildman–Crippen MR) is 67.2 cm³/mol. The van der Waals surface area contributed by atoms with Crippen LogP contribution in [0.4, 0.5) is 0 Å². The van der Waals surface area contributed by atoms with Crippen LogP contribution in [0.5, 0.6) is 0 Å². The van der Waals surface area contributed by atoms with Gasteiger partial charge in [0.2, 0.25) is 0 Å². The molecule has 0 aromatic heterocycles. The minimum atomic E-state index is -0.751. The second kappa shape index (κ2) is 12.7. The molecule has 0 saturated heterocycles. The van der Waals surface area contributed by atoms with Gasteiger partial charge in [0.15, 0.2) is 0 Å². The fraction of sp³-hybridized carbons (Fsp3) is 0.909. The second-order valence-electron chi connectivity index (χ2n) is 3.81. The predicted octanol–water partition coefficient (Wildman–Crippen LogP) is 1.76. The summed E-state index contributed by atoms with van der Waals surface area (Å²) < 4.78 is 0. The van der Waals surface area contributed by atoms with Crippen LogP contribution in [0, 0.1) is 0 Å². The van der Waals surface area contributed by atoms with Crippen LogP contribution in [0.15, 0.2) is 0 Å². The van der Waals surface area contributed by atoms with E-state index in [9.17, 15) is 4.79 Å². The summed E-state index contributed by atoms with van der Waals surface area (Å²) in [6, 6.07) is 0. The Kier molecular flexibility index (Phi) is 14.4. The van der Waals surface area contributed by atoms with Crippen molar-refractivity contribution in [3.63, 3.8) is 0 Å². The van der Waals surface area contributed by atoms with Gasteiger partial charge in [0.05, 0.1) is 6.54 Å². The van der Waals surface area contributed by atoms with Crippen LogP contribution in [0.2, 0.25) is 0 Å².